The van der Waals surface area contributed by atoms with E-state index in [1.165, 1.54) is 0 Å². The molecule has 5 nitrogen and oxygen atoms in total. The molecule has 0 amide bonds. The second-order valence-corrected chi connectivity index (χ2v) is 7.10. The first-order valence-electron chi connectivity index (χ1n) is 8.82. The van der Waals surface area contributed by atoms with Gasteiger partial charge < -0.3 is 25.2 Å². The van der Waals surface area contributed by atoms with Crippen molar-refractivity contribution in [2.75, 3.05) is 26.7 Å². The average Bonchev–Trinajstić information content (AvgIpc) is 2.64. The highest BCUT2D eigenvalue weighted by Crippen LogP contribution is 2.37. The summed E-state index contributed by atoms with van der Waals surface area (Å²) in [5.41, 5.74) is 2.00. The number of nitrogens with one attached hydrogen (secondary N) is 2. The number of aliphatic hydroxyl groups is 1. The van der Waals surface area contributed by atoms with Crippen LogP contribution >= 0.6 is 23.2 Å². The number of methoxy groups -OCH3 is 1. The van der Waals surface area contributed by atoms with Crippen molar-refractivity contribution >= 4 is 23.2 Å². The number of rotatable bonds is 11. The Bertz CT molecular complexity index is 709. The molecule has 0 saturated heterocycles. The zero-order valence-corrected chi connectivity index (χ0v) is 17.1. The molecule has 0 bridgehead atoms. The van der Waals surface area contributed by atoms with E-state index in [4.69, 9.17) is 32.7 Å². The van der Waals surface area contributed by atoms with Crippen LogP contribution in [-0.2, 0) is 13.2 Å². The Morgan fingerprint density at radius 3 is 2.41 bits per heavy atom. The van der Waals surface area contributed by atoms with Crippen molar-refractivity contribution in [2.45, 2.75) is 26.2 Å². The number of ether oxygens (including phenoxy) is 2. The van der Waals surface area contributed by atoms with Crippen LogP contribution in [0.1, 0.15) is 18.1 Å². The molecule has 0 fully saturated rings. The van der Waals surface area contributed by atoms with Crippen molar-refractivity contribution in [2.24, 2.45) is 0 Å². The van der Waals surface area contributed by atoms with Gasteiger partial charge in [0.2, 0.25) is 0 Å². The maximum Gasteiger partial charge on any atom is 0.180 e. The van der Waals surface area contributed by atoms with Crippen LogP contribution in [0.3, 0.4) is 0 Å². The molecule has 7 heteroatoms. The molecule has 2 aromatic carbocycles. The monoisotopic (exact) mass is 412 g/mol. The van der Waals surface area contributed by atoms with Crippen LogP contribution in [0.4, 0.5) is 0 Å². The minimum Gasteiger partial charge on any atom is -0.493 e. The van der Waals surface area contributed by atoms with Crippen molar-refractivity contribution < 1.29 is 14.6 Å². The summed E-state index contributed by atoms with van der Waals surface area (Å²) in [6, 6.07) is 11.3. The summed E-state index contributed by atoms with van der Waals surface area (Å²) in [5, 5.41) is 16.9. The Balaban J connectivity index is 1.90. The van der Waals surface area contributed by atoms with Crippen LogP contribution in [-0.4, -0.2) is 38.0 Å². The number of benzene rings is 2. The molecule has 148 valence electrons. The molecule has 2 rings (SSSR count). The molecular formula is C20H26Cl2N2O3. The molecule has 0 saturated carbocycles. The predicted octanol–water partition coefficient (Wildman–Crippen LogP) is 3.64. The summed E-state index contributed by atoms with van der Waals surface area (Å²) in [6.45, 7) is 4.93. The normalized spacial score (nSPS) is 12.0. The Morgan fingerprint density at radius 1 is 1.04 bits per heavy atom. The minimum atomic E-state index is -0.339. The van der Waals surface area contributed by atoms with Crippen LogP contribution in [0.5, 0.6) is 11.5 Å². The van der Waals surface area contributed by atoms with Gasteiger partial charge in [-0.15, -0.1) is 0 Å². The van der Waals surface area contributed by atoms with Gasteiger partial charge in [-0.05, 0) is 42.3 Å². The van der Waals surface area contributed by atoms with Gasteiger partial charge in [0.1, 0.15) is 6.61 Å². The van der Waals surface area contributed by atoms with E-state index in [0.29, 0.717) is 41.2 Å². The molecule has 0 heterocycles. The van der Waals surface area contributed by atoms with Gasteiger partial charge in [-0.2, -0.15) is 0 Å². The van der Waals surface area contributed by atoms with Gasteiger partial charge in [0.05, 0.1) is 18.2 Å². The van der Waals surface area contributed by atoms with Crippen molar-refractivity contribution in [3.05, 3.63) is 57.6 Å². The lowest BCUT2D eigenvalue weighted by molar-refractivity contribution is 0.191. The first-order chi connectivity index (χ1) is 13.0. The molecule has 27 heavy (non-hydrogen) atoms. The van der Waals surface area contributed by atoms with Crippen LogP contribution in [0.2, 0.25) is 10.0 Å². The molecule has 2 aromatic rings. The molecule has 3 N–H and O–H groups in total. The summed E-state index contributed by atoms with van der Waals surface area (Å²) < 4.78 is 11.3. The molecule has 0 aliphatic heterocycles. The standard InChI is InChI=1S/C20H26Cl2N2O3/c1-14(25)11-23-7-8-24-12-16-9-18(22)20(19(10-16)26-2)27-13-15-3-5-17(21)6-4-15/h3-6,9-10,14,23-25H,7-8,11-13H2,1-2H3. The Labute approximate surface area is 170 Å². The summed E-state index contributed by atoms with van der Waals surface area (Å²) >= 11 is 12.3. The highest BCUT2D eigenvalue weighted by atomic mass is 35.5. The quantitative estimate of drug-likeness (QED) is 0.491. The van der Waals surface area contributed by atoms with E-state index in [9.17, 15) is 5.11 Å². The van der Waals surface area contributed by atoms with E-state index in [1.54, 1.807) is 14.0 Å². The zero-order valence-electron chi connectivity index (χ0n) is 15.6. The average molecular weight is 413 g/mol. The minimum absolute atomic E-state index is 0.339. The fourth-order valence-electron chi connectivity index (χ4n) is 2.47. The highest BCUT2D eigenvalue weighted by Gasteiger charge is 2.12. The summed E-state index contributed by atoms with van der Waals surface area (Å²) in [5.74, 6) is 1.12. The number of aliphatic hydroxyl groups excluding tert-OH is 1. The predicted molar refractivity (Wildman–Crippen MR) is 110 cm³/mol. The zero-order chi connectivity index (χ0) is 19.6. The Kier molecular flexibility index (Phi) is 9.18. The van der Waals surface area contributed by atoms with Crippen LogP contribution in [0, 0.1) is 0 Å². The SMILES string of the molecule is COc1cc(CNCCNCC(C)O)cc(Cl)c1OCc1ccc(Cl)cc1. The number of hydrogen-bond donors (Lipinski definition) is 3. The fourth-order valence-corrected chi connectivity index (χ4v) is 2.89. The van der Waals surface area contributed by atoms with Gasteiger partial charge in [-0.1, -0.05) is 35.3 Å². The maximum absolute atomic E-state index is 9.20. The first kappa shape index (κ1) is 21.8. The van der Waals surface area contributed by atoms with Crippen LogP contribution < -0.4 is 20.1 Å². The Morgan fingerprint density at radius 2 is 1.74 bits per heavy atom. The Hall–Kier alpha value is -1.50. The highest BCUT2D eigenvalue weighted by molar-refractivity contribution is 6.32. The third kappa shape index (κ3) is 7.56. The second kappa shape index (κ2) is 11.4. The van der Waals surface area contributed by atoms with E-state index in [0.717, 1.165) is 24.2 Å². The molecule has 0 aliphatic rings. The lowest BCUT2D eigenvalue weighted by atomic mass is 10.2. The van der Waals surface area contributed by atoms with Gasteiger partial charge in [-0.3, -0.25) is 0 Å². The summed E-state index contributed by atoms with van der Waals surface area (Å²) in [6.07, 6.45) is -0.339. The fraction of sp³-hybridized carbons (Fsp3) is 0.400. The maximum atomic E-state index is 9.20. The van der Waals surface area contributed by atoms with Gasteiger partial charge in [0.15, 0.2) is 11.5 Å². The summed E-state index contributed by atoms with van der Waals surface area (Å²) in [7, 11) is 1.60. The van der Waals surface area contributed by atoms with Gasteiger partial charge in [0.25, 0.3) is 0 Å². The second-order valence-electron chi connectivity index (χ2n) is 6.25. The van der Waals surface area contributed by atoms with Crippen molar-refractivity contribution in [1.29, 1.82) is 0 Å². The van der Waals surface area contributed by atoms with E-state index >= 15 is 0 Å². The first-order valence-corrected chi connectivity index (χ1v) is 9.58. The third-order valence-corrected chi connectivity index (χ3v) is 4.37. The van der Waals surface area contributed by atoms with Crippen molar-refractivity contribution in [3.8, 4) is 11.5 Å². The molecule has 0 aromatic heterocycles. The number of halogens is 2. The molecule has 0 spiro atoms. The lowest BCUT2D eigenvalue weighted by Crippen LogP contribution is -2.31. The van der Waals surface area contributed by atoms with E-state index in [-0.39, 0.29) is 6.10 Å². The van der Waals surface area contributed by atoms with Crippen molar-refractivity contribution in [3.63, 3.8) is 0 Å². The van der Waals surface area contributed by atoms with Crippen LogP contribution in [0.25, 0.3) is 0 Å². The van der Waals surface area contributed by atoms with Gasteiger partial charge in [0, 0.05) is 31.2 Å². The topological polar surface area (TPSA) is 62.8 Å². The third-order valence-electron chi connectivity index (χ3n) is 3.83. The molecule has 0 radical (unpaired) electrons. The van der Waals surface area contributed by atoms with Gasteiger partial charge in [-0.25, -0.2) is 0 Å². The number of hydrogen-bond acceptors (Lipinski definition) is 5. The molecule has 1 atom stereocenters. The largest absolute Gasteiger partial charge is 0.493 e. The lowest BCUT2D eigenvalue weighted by Gasteiger charge is -2.15. The van der Waals surface area contributed by atoms with Crippen molar-refractivity contribution in [1.82, 2.24) is 10.6 Å². The summed E-state index contributed by atoms with van der Waals surface area (Å²) in [4.78, 5) is 0. The van der Waals surface area contributed by atoms with E-state index < -0.39 is 0 Å². The van der Waals surface area contributed by atoms with Crippen LogP contribution in [0.15, 0.2) is 36.4 Å². The molecule has 0 aliphatic carbocycles. The molecule has 1 unspecified atom stereocenters. The smallest absolute Gasteiger partial charge is 0.180 e. The van der Waals surface area contributed by atoms with E-state index in [2.05, 4.69) is 10.6 Å². The van der Waals surface area contributed by atoms with Gasteiger partial charge >= 0.3 is 0 Å². The molecular weight excluding hydrogens is 387 g/mol. The van der Waals surface area contributed by atoms with E-state index in [1.807, 2.05) is 36.4 Å².